The number of hydrogen-bond acceptors (Lipinski definition) is 3. The van der Waals surface area contributed by atoms with Gasteiger partial charge in [-0.15, -0.1) is 0 Å². The molecule has 66 valence electrons. The van der Waals surface area contributed by atoms with Gasteiger partial charge in [-0.3, -0.25) is 0 Å². The van der Waals surface area contributed by atoms with Crippen LogP contribution in [-0.4, -0.2) is 18.7 Å². The van der Waals surface area contributed by atoms with E-state index in [1.807, 2.05) is 0 Å². The molecule has 0 amide bonds. The van der Waals surface area contributed by atoms with Crippen LogP contribution in [0.2, 0.25) is 0 Å². The maximum absolute atomic E-state index is 11.7. The molecule has 0 bridgehead atoms. The minimum Gasteiger partial charge on any atom is -0.481 e. The first-order valence-corrected chi connectivity index (χ1v) is 3.17. The summed E-state index contributed by atoms with van der Waals surface area (Å²) in [5, 5.41) is 0. The summed E-state index contributed by atoms with van der Waals surface area (Å²) in [6, 6.07) is 2.61. The number of halogens is 2. The summed E-state index contributed by atoms with van der Waals surface area (Å²) in [6.45, 7) is -2.82. The van der Waals surface area contributed by atoms with Crippen LogP contribution in [0.25, 0.3) is 0 Å². The zero-order chi connectivity index (χ0) is 8.97. The Morgan fingerprint density at radius 2 is 2.25 bits per heavy atom. The number of hydrogen-bond donors (Lipinski definition) is 0. The van der Waals surface area contributed by atoms with Crippen molar-refractivity contribution in [3.63, 3.8) is 0 Å². The van der Waals surface area contributed by atoms with E-state index in [2.05, 4.69) is 9.72 Å². The third kappa shape index (κ3) is 2.34. The highest BCUT2D eigenvalue weighted by atomic mass is 19.3. The van der Waals surface area contributed by atoms with E-state index in [1.165, 1.54) is 25.4 Å². The molecule has 0 saturated carbocycles. The minimum atomic E-state index is -2.82. The van der Waals surface area contributed by atoms with Crippen molar-refractivity contribution in [1.82, 2.24) is 4.98 Å². The van der Waals surface area contributed by atoms with Gasteiger partial charge in [0.15, 0.2) is 0 Å². The molecule has 0 aliphatic heterocycles. The van der Waals surface area contributed by atoms with Crippen LogP contribution in [0.5, 0.6) is 11.6 Å². The van der Waals surface area contributed by atoms with Crippen LogP contribution in [0.15, 0.2) is 18.3 Å². The van der Waals surface area contributed by atoms with Gasteiger partial charge >= 0.3 is 6.61 Å². The monoisotopic (exact) mass is 175 g/mol. The van der Waals surface area contributed by atoms with Crippen molar-refractivity contribution in [3.8, 4) is 11.6 Å². The second kappa shape index (κ2) is 3.85. The lowest BCUT2D eigenvalue weighted by atomic mass is 10.4. The lowest BCUT2D eigenvalue weighted by Gasteiger charge is -2.04. The maximum Gasteiger partial charge on any atom is 0.387 e. The Bertz CT molecular complexity index is 255. The molecule has 0 unspecified atom stereocenters. The second-order valence-corrected chi connectivity index (χ2v) is 1.91. The average Bonchev–Trinajstić information content (AvgIpc) is 2.03. The number of nitrogens with zero attached hydrogens (tertiary/aromatic N) is 1. The number of pyridine rings is 1. The van der Waals surface area contributed by atoms with E-state index in [0.29, 0.717) is 0 Å². The highest BCUT2D eigenvalue weighted by molar-refractivity contribution is 5.25. The molecule has 1 heterocycles. The van der Waals surface area contributed by atoms with E-state index < -0.39 is 6.61 Å². The molecule has 1 aromatic heterocycles. The first kappa shape index (κ1) is 8.70. The summed E-state index contributed by atoms with van der Waals surface area (Å²) >= 11 is 0. The van der Waals surface area contributed by atoms with Gasteiger partial charge < -0.3 is 9.47 Å². The van der Waals surface area contributed by atoms with Crippen LogP contribution in [0.4, 0.5) is 8.78 Å². The molecular weight excluding hydrogens is 168 g/mol. The molecule has 0 aliphatic rings. The van der Waals surface area contributed by atoms with Gasteiger partial charge in [0.05, 0.1) is 7.11 Å². The second-order valence-electron chi connectivity index (χ2n) is 1.91. The molecule has 0 atom stereocenters. The molecule has 0 saturated heterocycles. The topological polar surface area (TPSA) is 31.4 Å². The van der Waals surface area contributed by atoms with E-state index in [4.69, 9.17) is 4.74 Å². The molecule has 1 aromatic rings. The standard InChI is InChI=1S/C7H7F2NO2/c1-11-6-4-5(2-3-10-6)12-7(8)9/h2-4,7H,1H3. The van der Waals surface area contributed by atoms with Crippen LogP contribution in [0.3, 0.4) is 0 Å². The lowest BCUT2D eigenvalue weighted by Crippen LogP contribution is -2.02. The van der Waals surface area contributed by atoms with Crippen molar-refractivity contribution in [1.29, 1.82) is 0 Å². The SMILES string of the molecule is COc1cc(OC(F)F)ccn1. The van der Waals surface area contributed by atoms with Gasteiger partial charge in [0.1, 0.15) is 5.75 Å². The van der Waals surface area contributed by atoms with Crippen LogP contribution in [0.1, 0.15) is 0 Å². The average molecular weight is 175 g/mol. The van der Waals surface area contributed by atoms with Crippen molar-refractivity contribution in [3.05, 3.63) is 18.3 Å². The molecule has 1 rings (SSSR count). The summed E-state index contributed by atoms with van der Waals surface area (Å²) in [5.74, 6) is 0.282. The summed E-state index contributed by atoms with van der Waals surface area (Å²) in [4.78, 5) is 3.72. The number of methoxy groups -OCH3 is 1. The predicted octanol–water partition coefficient (Wildman–Crippen LogP) is 1.69. The summed E-state index contributed by atoms with van der Waals surface area (Å²) in [7, 11) is 1.40. The third-order valence-corrected chi connectivity index (χ3v) is 1.14. The molecule has 3 nitrogen and oxygen atoms in total. The van der Waals surface area contributed by atoms with Gasteiger partial charge in [-0.05, 0) is 6.07 Å². The van der Waals surface area contributed by atoms with Gasteiger partial charge in [-0.2, -0.15) is 8.78 Å². The molecule has 0 N–H and O–H groups in total. The van der Waals surface area contributed by atoms with Gasteiger partial charge in [0.2, 0.25) is 5.88 Å². The van der Waals surface area contributed by atoms with Crippen LogP contribution < -0.4 is 9.47 Å². The van der Waals surface area contributed by atoms with Crippen LogP contribution >= 0.6 is 0 Å². The largest absolute Gasteiger partial charge is 0.481 e. The van der Waals surface area contributed by atoms with Gasteiger partial charge in [-0.1, -0.05) is 0 Å². The predicted molar refractivity (Wildman–Crippen MR) is 37.4 cm³/mol. The molecule has 0 aromatic carbocycles. The van der Waals surface area contributed by atoms with Crippen molar-refractivity contribution in [2.24, 2.45) is 0 Å². The molecule has 0 fully saturated rings. The molecule has 0 radical (unpaired) electrons. The fourth-order valence-electron chi connectivity index (χ4n) is 0.679. The van der Waals surface area contributed by atoms with Gasteiger partial charge in [-0.25, -0.2) is 4.98 Å². The number of rotatable bonds is 3. The highest BCUT2D eigenvalue weighted by Gasteiger charge is 2.04. The Labute approximate surface area is 67.9 Å². The lowest BCUT2D eigenvalue weighted by molar-refractivity contribution is -0.0499. The smallest absolute Gasteiger partial charge is 0.387 e. The Kier molecular flexibility index (Phi) is 2.79. The fourth-order valence-corrected chi connectivity index (χ4v) is 0.679. The van der Waals surface area contributed by atoms with Crippen LogP contribution in [0, 0.1) is 0 Å². The molecular formula is C7H7F2NO2. The molecule has 5 heteroatoms. The van der Waals surface area contributed by atoms with Crippen molar-refractivity contribution in [2.75, 3.05) is 7.11 Å². The Morgan fingerprint density at radius 3 is 2.83 bits per heavy atom. The van der Waals surface area contributed by atoms with Crippen molar-refractivity contribution >= 4 is 0 Å². The quantitative estimate of drug-likeness (QED) is 0.700. The fraction of sp³-hybridized carbons (Fsp3) is 0.286. The number of alkyl halides is 2. The van der Waals surface area contributed by atoms with Crippen molar-refractivity contribution in [2.45, 2.75) is 6.61 Å². The van der Waals surface area contributed by atoms with E-state index in [1.54, 1.807) is 0 Å². The van der Waals surface area contributed by atoms with E-state index in [0.717, 1.165) is 0 Å². The first-order valence-electron chi connectivity index (χ1n) is 3.17. The van der Waals surface area contributed by atoms with E-state index >= 15 is 0 Å². The van der Waals surface area contributed by atoms with Crippen molar-refractivity contribution < 1.29 is 18.3 Å². The Morgan fingerprint density at radius 1 is 1.50 bits per heavy atom. The molecule has 12 heavy (non-hydrogen) atoms. The normalized spacial score (nSPS) is 10.0. The Hall–Kier alpha value is -1.39. The number of ether oxygens (including phenoxy) is 2. The summed E-state index contributed by atoms with van der Waals surface area (Å²) < 4.78 is 32.1. The molecule has 0 aliphatic carbocycles. The Balaban J connectivity index is 2.72. The van der Waals surface area contributed by atoms with Gasteiger partial charge in [0.25, 0.3) is 0 Å². The number of aromatic nitrogens is 1. The highest BCUT2D eigenvalue weighted by Crippen LogP contribution is 2.17. The van der Waals surface area contributed by atoms with E-state index in [-0.39, 0.29) is 11.6 Å². The molecule has 0 spiro atoms. The zero-order valence-corrected chi connectivity index (χ0v) is 6.33. The zero-order valence-electron chi connectivity index (χ0n) is 6.33. The van der Waals surface area contributed by atoms with E-state index in [9.17, 15) is 8.78 Å². The maximum atomic E-state index is 11.7. The van der Waals surface area contributed by atoms with Gasteiger partial charge in [0, 0.05) is 12.3 Å². The minimum absolute atomic E-state index is 0.0388. The third-order valence-electron chi connectivity index (χ3n) is 1.14. The van der Waals surface area contributed by atoms with Crippen LogP contribution in [-0.2, 0) is 0 Å². The summed E-state index contributed by atoms with van der Waals surface area (Å²) in [5.41, 5.74) is 0. The summed E-state index contributed by atoms with van der Waals surface area (Å²) in [6.07, 6.45) is 1.33. The first-order chi connectivity index (χ1) is 5.72.